The van der Waals surface area contributed by atoms with Crippen LogP contribution >= 0.6 is 0 Å². The van der Waals surface area contributed by atoms with Gasteiger partial charge >= 0.3 is 11.9 Å². The van der Waals surface area contributed by atoms with E-state index < -0.39 is 11.9 Å². The fourth-order valence-electron chi connectivity index (χ4n) is 1.89. The van der Waals surface area contributed by atoms with Gasteiger partial charge in [-0.1, -0.05) is 34.1 Å². The number of esters is 2. The lowest BCUT2D eigenvalue weighted by molar-refractivity contribution is -0.142. The Hall–Kier alpha value is -1.32. The van der Waals surface area contributed by atoms with Gasteiger partial charge in [-0.25, -0.2) is 9.59 Å². The van der Waals surface area contributed by atoms with Crippen molar-refractivity contribution in [2.75, 3.05) is 13.2 Å². The maximum Gasteiger partial charge on any atom is 0.334 e. The number of ether oxygens (including phenoxy) is 2. The second-order valence-corrected chi connectivity index (χ2v) is 5.89. The molecule has 0 aromatic carbocycles. The van der Waals surface area contributed by atoms with Crippen molar-refractivity contribution in [1.82, 2.24) is 0 Å². The summed E-state index contributed by atoms with van der Waals surface area (Å²) in [5, 5.41) is 0. The van der Waals surface area contributed by atoms with Crippen molar-refractivity contribution >= 4 is 11.9 Å². The summed E-state index contributed by atoms with van der Waals surface area (Å²) in [6, 6.07) is 0. The number of rotatable bonds is 7. The smallest absolute Gasteiger partial charge is 0.334 e. The Morgan fingerprint density at radius 3 is 1.65 bits per heavy atom. The predicted molar refractivity (Wildman–Crippen MR) is 79.3 cm³/mol. The zero-order valence-corrected chi connectivity index (χ0v) is 13.7. The Morgan fingerprint density at radius 2 is 1.30 bits per heavy atom. The third-order valence-corrected chi connectivity index (χ3v) is 2.62. The van der Waals surface area contributed by atoms with Gasteiger partial charge in [0.1, 0.15) is 0 Å². The van der Waals surface area contributed by atoms with Crippen molar-refractivity contribution in [2.24, 2.45) is 5.41 Å². The minimum Gasteiger partial charge on any atom is -0.463 e. The van der Waals surface area contributed by atoms with Crippen molar-refractivity contribution < 1.29 is 19.1 Å². The number of hydrogen-bond acceptors (Lipinski definition) is 4. The van der Waals surface area contributed by atoms with E-state index in [1.165, 1.54) is 0 Å². The topological polar surface area (TPSA) is 52.6 Å². The van der Waals surface area contributed by atoms with Crippen LogP contribution in [-0.4, -0.2) is 25.2 Å². The monoisotopic (exact) mass is 284 g/mol. The first kappa shape index (κ1) is 18.7. The average molecular weight is 284 g/mol. The highest BCUT2D eigenvalue weighted by Gasteiger charge is 2.26. The Bertz CT molecular complexity index is 361. The van der Waals surface area contributed by atoms with E-state index in [1.807, 2.05) is 27.7 Å². The quantitative estimate of drug-likeness (QED) is 0.529. The standard InChI is InChI=1S/C16H28O4/c1-7-10-12(14(17)19-8-2)13(11-16(4,5)6)15(18)20-9-3/h7-11H2,1-6H3/b13-12-. The van der Waals surface area contributed by atoms with Crippen molar-refractivity contribution in [3.63, 3.8) is 0 Å². The molecule has 0 aliphatic heterocycles. The third kappa shape index (κ3) is 6.73. The summed E-state index contributed by atoms with van der Waals surface area (Å²) in [7, 11) is 0. The summed E-state index contributed by atoms with van der Waals surface area (Å²) in [5.41, 5.74) is 0.815. The lowest BCUT2D eigenvalue weighted by Gasteiger charge is -2.22. The van der Waals surface area contributed by atoms with Crippen LogP contribution in [0.3, 0.4) is 0 Å². The van der Waals surface area contributed by atoms with Gasteiger partial charge in [-0.3, -0.25) is 0 Å². The highest BCUT2D eigenvalue weighted by molar-refractivity contribution is 6.00. The van der Waals surface area contributed by atoms with Crippen LogP contribution in [-0.2, 0) is 19.1 Å². The molecule has 0 fully saturated rings. The molecular weight excluding hydrogens is 256 g/mol. The predicted octanol–water partition coefficient (Wildman–Crippen LogP) is 3.65. The van der Waals surface area contributed by atoms with Gasteiger partial charge in [0.15, 0.2) is 0 Å². The maximum absolute atomic E-state index is 12.2. The fraction of sp³-hybridized carbons (Fsp3) is 0.750. The van der Waals surface area contributed by atoms with Crippen molar-refractivity contribution in [1.29, 1.82) is 0 Å². The molecule has 20 heavy (non-hydrogen) atoms. The molecule has 0 N–H and O–H groups in total. The van der Waals surface area contributed by atoms with E-state index in [0.29, 0.717) is 37.2 Å². The Morgan fingerprint density at radius 1 is 0.850 bits per heavy atom. The molecule has 0 spiro atoms. The molecule has 0 heterocycles. The van der Waals surface area contributed by atoms with Gasteiger partial charge in [0.25, 0.3) is 0 Å². The highest BCUT2D eigenvalue weighted by atomic mass is 16.5. The third-order valence-electron chi connectivity index (χ3n) is 2.62. The lowest BCUT2D eigenvalue weighted by Crippen LogP contribution is -2.21. The van der Waals surface area contributed by atoms with Gasteiger partial charge < -0.3 is 9.47 Å². The fourth-order valence-corrected chi connectivity index (χ4v) is 1.89. The van der Waals surface area contributed by atoms with Crippen LogP contribution < -0.4 is 0 Å². The molecule has 116 valence electrons. The summed E-state index contributed by atoms with van der Waals surface area (Å²) in [6.45, 7) is 12.2. The van der Waals surface area contributed by atoms with E-state index in [1.54, 1.807) is 13.8 Å². The van der Waals surface area contributed by atoms with E-state index in [4.69, 9.17) is 9.47 Å². The highest BCUT2D eigenvalue weighted by Crippen LogP contribution is 2.29. The molecule has 0 bridgehead atoms. The zero-order chi connectivity index (χ0) is 15.8. The van der Waals surface area contributed by atoms with Gasteiger partial charge in [-0.05, 0) is 32.1 Å². The van der Waals surface area contributed by atoms with E-state index >= 15 is 0 Å². The molecule has 0 aromatic heterocycles. The molecule has 0 saturated heterocycles. The second-order valence-electron chi connectivity index (χ2n) is 5.89. The van der Waals surface area contributed by atoms with Gasteiger partial charge in [0.2, 0.25) is 0 Å². The molecule has 0 aliphatic rings. The molecule has 0 saturated carbocycles. The molecule has 0 aliphatic carbocycles. The van der Waals surface area contributed by atoms with E-state index in [2.05, 4.69) is 0 Å². The molecule has 0 atom stereocenters. The Kier molecular flexibility index (Phi) is 8.19. The first-order valence-corrected chi connectivity index (χ1v) is 7.33. The maximum atomic E-state index is 12.2. The minimum absolute atomic E-state index is 0.104. The molecule has 4 heteroatoms. The molecule has 4 nitrogen and oxygen atoms in total. The van der Waals surface area contributed by atoms with E-state index in [9.17, 15) is 9.59 Å². The summed E-state index contributed by atoms with van der Waals surface area (Å²) in [4.78, 5) is 24.2. The van der Waals surface area contributed by atoms with Crippen molar-refractivity contribution in [3.05, 3.63) is 11.1 Å². The largest absolute Gasteiger partial charge is 0.463 e. The first-order chi connectivity index (χ1) is 9.26. The van der Waals surface area contributed by atoms with Gasteiger partial charge in [0, 0.05) is 11.1 Å². The van der Waals surface area contributed by atoms with Gasteiger partial charge in [0.05, 0.1) is 13.2 Å². The van der Waals surface area contributed by atoms with E-state index in [-0.39, 0.29) is 5.41 Å². The van der Waals surface area contributed by atoms with Gasteiger partial charge in [-0.2, -0.15) is 0 Å². The minimum atomic E-state index is -0.404. The van der Waals surface area contributed by atoms with Crippen LogP contribution in [0.1, 0.15) is 60.8 Å². The SMILES string of the molecule is CCC/C(C(=O)OCC)=C(\CC(C)(C)C)C(=O)OCC. The number of carbonyl (C=O) groups is 2. The summed E-state index contributed by atoms with van der Waals surface area (Å²) < 4.78 is 10.2. The summed E-state index contributed by atoms with van der Waals surface area (Å²) >= 11 is 0. The lowest BCUT2D eigenvalue weighted by atomic mass is 9.85. The van der Waals surface area contributed by atoms with Crippen LogP contribution in [0.25, 0.3) is 0 Å². The average Bonchev–Trinajstić information content (AvgIpc) is 2.32. The first-order valence-electron chi connectivity index (χ1n) is 7.33. The number of carbonyl (C=O) groups excluding carboxylic acids is 2. The van der Waals surface area contributed by atoms with Crippen LogP contribution in [0, 0.1) is 5.41 Å². The Labute approximate surface area is 122 Å². The summed E-state index contributed by atoms with van der Waals surface area (Å²) in [6.07, 6.45) is 1.81. The van der Waals surface area contributed by atoms with E-state index in [0.717, 1.165) is 6.42 Å². The van der Waals surface area contributed by atoms with Crippen LogP contribution in [0.2, 0.25) is 0 Å². The molecule has 0 unspecified atom stereocenters. The summed E-state index contributed by atoms with van der Waals surface area (Å²) in [5.74, 6) is -0.805. The molecule has 0 radical (unpaired) electrons. The zero-order valence-electron chi connectivity index (χ0n) is 13.7. The van der Waals surface area contributed by atoms with Crippen molar-refractivity contribution in [3.8, 4) is 0 Å². The Balaban J connectivity index is 5.59. The van der Waals surface area contributed by atoms with Gasteiger partial charge in [-0.15, -0.1) is 0 Å². The van der Waals surface area contributed by atoms with Crippen molar-refractivity contribution in [2.45, 2.75) is 60.8 Å². The molecule has 0 amide bonds. The second kappa shape index (κ2) is 8.77. The molecule has 0 rings (SSSR count). The van der Waals surface area contributed by atoms with Crippen LogP contribution in [0.15, 0.2) is 11.1 Å². The number of hydrogen-bond donors (Lipinski definition) is 0. The van der Waals surface area contributed by atoms with Crippen LogP contribution in [0.4, 0.5) is 0 Å². The normalized spacial score (nSPS) is 12.7. The van der Waals surface area contributed by atoms with Crippen LogP contribution in [0.5, 0.6) is 0 Å². The molecular formula is C16H28O4. The molecule has 0 aromatic rings.